The number of hydrogen-bond donors (Lipinski definition) is 1. The van der Waals surface area contributed by atoms with Crippen LogP contribution in [-0.2, 0) is 0 Å². The highest BCUT2D eigenvalue weighted by atomic mass is 32.2. The van der Waals surface area contributed by atoms with Crippen LogP contribution in [0.3, 0.4) is 0 Å². The van der Waals surface area contributed by atoms with Gasteiger partial charge in [-0.3, -0.25) is 0 Å². The molecule has 1 aromatic carbocycles. The van der Waals surface area contributed by atoms with Crippen LogP contribution < -0.4 is 20.1 Å². The third kappa shape index (κ3) is 2.56. The van der Waals surface area contributed by atoms with Crippen molar-refractivity contribution in [3.63, 3.8) is 0 Å². The second-order valence-corrected chi connectivity index (χ2v) is 7.10. The van der Waals surface area contributed by atoms with Crippen LogP contribution in [0.4, 0.5) is 11.4 Å². The lowest BCUT2D eigenvalue weighted by atomic mass is 10.2. The largest absolute Gasteiger partial charge is 0.486 e. The summed E-state index contributed by atoms with van der Waals surface area (Å²) in [5, 5.41) is 1.24. The minimum atomic E-state index is 0.597. The van der Waals surface area contributed by atoms with Gasteiger partial charge in [-0.1, -0.05) is 13.8 Å². The Morgan fingerprint density at radius 2 is 1.68 bits per heavy atom. The van der Waals surface area contributed by atoms with E-state index >= 15 is 0 Å². The first kappa shape index (κ1) is 12.8. The summed E-state index contributed by atoms with van der Waals surface area (Å²) in [7, 11) is 0. The minimum Gasteiger partial charge on any atom is -0.486 e. The van der Waals surface area contributed by atoms with Crippen molar-refractivity contribution in [3.8, 4) is 11.5 Å². The molecule has 2 aliphatic heterocycles. The number of rotatable bonds is 1. The molecular weight excluding hydrogens is 260 g/mol. The van der Waals surface area contributed by atoms with E-state index in [0.717, 1.165) is 36.0 Å². The predicted octanol–water partition coefficient (Wildman–Crippen LogP) is 2.37. The smallest absolute Gasteiger partial charge is 0.163 e. The topological polar surface area (TPSA) is 47.7 Å². The molecule has 1 fully saturated rings. The van der Waals surface area contributed by atoms with Crippen LogP contribution in [0.2, 0.25) is 0 Å². The number of nitrogens with two attached hydrogens (primary N) is 1. The second kappa shape index (κ2) is 5.04. The molecule has 0 amide bonds. The third-order valence-electron chi connectivity index (χ3n) is 3.45. The van der Waals surface area contributed by atoms with Gasteiger partial charge in [-0.25, -0.2) is 0 Å². The molecule has 1 aromatic rings. The number of nitrogen functional groups attached to an aromatic ring is 1. The molecule has 0 saturated carbocycles. The summed E-state index contributed by atoms with van der Waals surface area (Å²) in [4.78, 5) is 2.36. The standard InChI is InChI=1S/C14H20N2O2S/c1-9-7-16(8-10(2)19-9)12-6-14-13(5-11(12)15)17-3-4-18-14/h5-6,9-10H,3-4,7-8,15H2,1-2H3. The molecule has 0 bridgehead atoms. The van der Waals surface area contributed by atoms with E-state index < -0.39 is 0 Å². The lowest BCUT2D eigenvalue weighted by molar-refractivity contribution is 0.172. The molecule has 0 aromatic heterocycles. The Morgan fingerprint density at radius 1 is 1.11 bits per heavy atom. The first-order valence-corrected chi connectivity index (χ1v) is 7.67. The Balaban J connectivity index is 1.91. The lowest BCUT2D eigenvalue weighted by Crippen LogP contribution is -2.40. The number of thioether (sulfide) groups is 1. The van der Waals surface area contributed by atoms with Crippen molar-refractivity contribution in [2.45, 2.75) is 24.3 Å². The lowest BCUT2D eigenvalue weighted by Gasteiger charge is -2.37. The van der Waals surface area contributed by atoms with Crippen LogP contribution in [0.25, 0.3) is 0 Å². The summed E-state index contributed by atoms with van der Waals surface area (Å²) in [6.45, 7) is 7.79. The van der Waals surface area contributed by atoms with Gasteiger partial charge in [0.25, 0.3) is 0 Å². The van der Waals surface area contributed by atoms with Crippen molar-refractivity contribution in [3.05, 3.63) is 12.1 Å². The summed E-state index contributed by atoms with van der Waals surface area (Å²) in [5.74, 6) is 1.58. The normalized spacial score (nSPS) is 26.3. The Hall–Kier alpha value is -1.23. The van der Waals surface area contributed by atoms with Crippen molar-refractivity contribution in [1.29, 1.82) is 0 Å². The van der Waals surface area contributed by atoms with E-state index in [-0.39, 0.29) is 0 Å². The van der Waals surface area contributed by atoms with Gasteiger partial charge in [-0.2, -0.15) is 11.8 Å². The first-order valence-electron chi connectivity index (χ1n) is 6.73. The third-order valence-corrected chi connectivity index (χ3v) is 4.68. The quantitative estimate of drug-likeness (QED) is 0.800. The molecular formula is C14H20N2O2S. The number of benzene rings is 1. The molecule has 2 N–H and O–H groups in total. The number of hydrogen-bond acceptors (Lipinski definition) is 5. The molecule has 1 saturated heterocycles. The van der Waals surface area contributed by atoms with Crippen LogP contribution in [0.15, 0.2) is 12.1 Å². The van der Waals surface area contributed by atoms with Crippen LogP contribution in [0.1, 0.15) is 13.8 Å². The maximum absolute atomic E-state index is 6.18. The second-order valence-electron chi connectivity index (χ2n) is 5.22. The van der Waals surface area contributed by atoms with Crippen LogP contribution in [-0.4, -0.2) is 36.8 Å². The Morgan fingerprint density at radius 3 is 2.32 bits per heavy atom. The zero-order valence-corrected chi connectivity index (χ0v) is 12.2. The van der Waals surface area contributed by atoms with Gasteiger partial charge in [0.05, 0.1) is 11.4 Å². The molecule has 0 aliphatic carbocycles. The van der Waals surface area contributed by atoms with E-state index in [1.54, 1.807) is 0 Å². The van der Waals surface area contributed by atoms with Gasteiger partial charge < -0.3 is 20.1 Å². The molecule has 2 heterocycles. The fourth-order valence-corrected chi connectivity index (χ4v) is 4.07. The summed E-state index contributed by atoms with van der Waals surface area (Å²) in [6.07, 6.45) is 0. The maximum Gasteiger partial charge on any atom is 0.163 e. The van der Waals surface area contributed by atoms with E-state index in [0.29, 0.717) is 23.7 Å². The number of ether oxygens (including phenoxy) is 2. The molecule has 0 radical (unpaired) electrons. The molecule has 2 atom stereocenters. The number of fused-ring (bicyclic) bond motifs is 1. The van der Waals surface area contributed by atoms with E-state index in [1.807, 2.05) is 23.9 Å². The van der Waals surface area contributed by atoms with E-state index in [9.17, 15) is 0 Å². The van der Waals surface area contributed by atoms with Crippen molar-refractivity contribution < 1.29 is 9.47 Å². The maximum atomic E-state index is 6.18. The Bertz CT molecular complexity index is 471. The monoisotopic (exact) mass is 280 g/mol. The fraction of sp³-hybridized carbons (Fsp3) is 0.571. The van der Waals surface area contributed by atoms with Gasteiger partial charge in [-0.05, 0) is 0 Å². The molecule has 0 spiro atoms. The van der Waals surface area contributed by atoms with Gasteiger partial charge >= 0.3 is 0 Å². The number of anilines is 2. The van der Waals surface area contributed by atoms with Crippen molar-refractivity contribution >= 4 is 23.1 Å². The highest BCUT2D eigenvalue weighted by molar-refractivity contribution is 8.00. The van der Waals surface area contributed by atoms with Crippen molar-refractivity contribution in [1.82, 2.24) is 0 Å². The first-order chi connectivity index (χ1) is 9.13. The summed E-state index contributed by atoms with van der Waals surface area (Å²) >= 11 is 2.04. The summed E-state index contributed by atoms with van der Waals surface area (Å²) in [5.41, 5.74) is 8.03. The molecule has 4 nitrogen and oxygen atoms in total. The Labute approximate surface area is 118 Å². The van der Waals surface area contributed by atoms with Crippen molar-refractivity contribution in [2.24, 2.45) is 0 Å². The van der Waals surface area contributed by atoms with Gasteiger partial charge in [-0.15, -0.1) is 0 Å². The van der Waals surface area contributed by atoms with Gasteiger partial charge in [0.15, 0.2) is 11.5 Å². The minimum absolute atomic E-state index is 0.597. The van der Waals surface area contributed by atoms with E-state index in [2.05, 4.69) is 18.7 Å². The Kier molecular flexibility index (Phi) is 3.39. The molecule has 2 aliphatic rings. The molecule has 104 valence electrons. The highest BCUT2D eigenvalue weighted by Gasteiger charge is 2.25. The van der Waals surface area contributed by atoms with Crippen LogP contribution in [0, 0.1) is 0 Å². The highest BCUT2D eigenvalue weighted by Crippen LogP contribution is 2.40. The SMILES string of the molecule is CC1CN(c2cc3c(cc2N)OCCO3)CC(C)S1. The fourth-order valence-electron chi connectivity index (χ4n) is 2.74. The summed E-state index contributed by atoms with van der Waals surface area (Å²) < 4.78 is 11.2. The van der Waals surface area contributed by atoms with Crippen LogP contribution >= 0.6 is 11.8 Å². The van der Waals surface area contributed by atoms with Gasteiger partial charge in [0.1, 0.15) is 13.2 Å². The van der Waals surface area contributed by atoms with E-state index in [1.165, 1.54) is 0 Å². The van der Waals surface area contributed by atoms with E-state index in [4.69, 9.17) is 15.2 Å². The van der Waals surface area contributed by atoms with Crippen LogP contribution in [0.5, 0.6) is 11.5 Å². The zero-order chi connectivity index (χ0) is 13.4. The number of nitrogens with zero attached hydrogens (tertiary/aromatic N) is 1. The average molecular weight is 280 g/mol. The summed E-state index contributed by atoms with van der Waals surface area (Å²) in [6, 6.07) is 3.92. The van der Waals surface area contributed by atoms with Gasteiger partial charge in [0.2, 0.25) is 0 Å². The molecule has 3 rings (SSSR count). The van der Waals surface area contributed by atoms with Gasteiger partial charge in [0, 0.05) is 35.7 Å². The molecule has 19 heavy (non-hydrogen) atoms. The molecule has 2 unspecified atom stereocenters. The zero-order valence-electron chi connectivity index (χ0n) is 11.4. The van der Waals surface area contributed by atoms with Crippen molar-refractivity contribution in [2.75, 3.05) is 36.9 Å². The molecule has 5 heteroatoms. The predicted molar refractivity (Wildman–Crippen MR) is 80.6 cm³/mol. The average Bonchev–Trinajstić information content (AvgIpc) is 2.36.